The number of hydrogen-bond acceptors (Lipinski definition) is 4. The summed E-state index contributed by atoms with van der Waals surface area (Å²) in [6.07, 6.45) is -0.963. The minimum Gasteiger partial charge on any atom is -0.273 e. The van der Waals surface area contributed by atoms with Crippen LogP contribution < -0.4 is 9.96 Å². The van der Waals surface area contributed by atoms with Gasteiger partial charge in [-0.05, 0) is 29.8 Å². The summed E-state index contributed by atoms with van der Waals surface area (Å²) in [5.41, 5.74) is 1.85. The zero-order chi connectivity index (χ0) is 20.8. The molecule has 3 aromatic carbocycles. The second kappa shape index (κ2) is 7.43. The van der Waals surface area contributed by atoms with Gasteiger partial charge >= 0.3 is 0 Å². The number of carbonyl (C=O) groups excluding carboxylic acids is 2. The maximum atomic E-state index is 13.5. The standard InChI is InChI=1S/C23H16Cl2N2O3/c24-16-12-7-13-17(25)20(16)26-22(28)18-19(14-8-3-1-4-9-14)27(30-21(18)23(26)29)15-10-5-2-6-11-15/h1-13,18-19,21H/t18-,19+,21+/m0/s1. The van der Waals surface area contributed by atoms with Crippen molar-refractivity contribution < 1.29 is 14.4 Å². The number of para-hydroxylation sites is 2. The first-order valence-corrected chi connectivity index (χ1v) is 10.2. The average molecular weight is 439 g/mol. The number of halogens is 2. The normalized spacial score (nSPS) is 23.2. The Kier molecular flexibility index (Phi) is 4.74. The van der Waals surface area contributed by atoms with Gasteiger partial charge in [-0.25, -0.2) is 9.96 Å². The van der Waals surface area contributed by atoms with Gasteiger partial charge in [0, 0.05) is 0 Å². The van der Waals surface area contributed by atoms with Crippen molar-refractivity contribution in [2.45, 2.75) is 12.1 Å². The summed E-state index contributed by atoms with van der Waals surface area (Å²) in [5.74, 6) is -1.58. The number of hydrogen-bond donors (Lipinski definition) is 0. The molecule has 2 heterocycles. The number of imide groups is 1. The lowest BCUT2D eigenvalue weighted by molar-refractivity contribution is -0.126. The lowest BCUT2D eigenvalue weighted by Gasteiger charge is -2.29. The Morgan fingerprint density at radius 3 is 1.97 bits per heavy atom. The summed E-state index contributed by atoms with van der Waals surface area (Å²) in [4.78, 5) is 34.0. The van der Waals surface area contributed by atoms with E-state index in [-0.39, 0.29) is 21.6 Å². The molecule has 0 saturated carbocycles. The van der Waals surface area contributed by atoms with Crippen molar-refractivity contribution in [2.75, 3.05) is 9.96 Å². The molecule has 2 fully saturated rings. The summed E-state index contributed by atoms with van der Waals surface area (Å²) in [6.45, 7) is 0. The van der Waals surface area contributed by atoms with Gasteiger partial charge < -0.3 is 0 Å². The van der Waals surface area contributed by atoms with Crippen LogP contribution in [0, 0.1) is 5.92 Å². The zero-order valence-corrected chi connectivity index (χ0v) is 17.1. The van der Waals surface area contributed by atoms with E-state index in [2.05, 4.69) is 0 Å². The molecule has 0 aromatic heterocycles. The molecule has 0 unspecified atom stereocenters. The molecule has 3 aromatic rings. The molecule has 7 heteroatoms. The van der Waals surface area contributed by atoms with Gasteiger partial charge in [0.15, 0.2) is 6.10 Å². The summed E-state index contributed by atoms with van der Waals surface area (Å²) < 4.78 is 0. The molecule has 0 bridgehead atoms. The number of amides is 2. The lowest BCUT2D eigenvalue weighted by atomic mass is 9.90. The molecule has 2 aliphatic rings. The van der Waals surface area contributed by atoms with Gasteiger partial charge in [0.05, 0.1) is 27.5 Å². The highest BCUT2D eigenvalue weighted by molar-refractivity contribution is 6.42. The Morgan fingerprint density at radius 2 is 1.33 bits per heavy atom. The molecule has 2 amide bonds. The molecule has 0 radical (unpaired) electrons. The summed E-state index contributed by atoms with van der Waals surface area (Å²) in [6, 6.07) is 23.4. The second-order valence-corrected chi connectivity index (χ2v) is 7.97. The van der Waals surface area contributed by atoms with E-state index in [0.29, 0.717) is 0 Å². The van der Waals surface area contributed by atoms with Gasteiger partial charge in [0.25, 0.3) is 5.91 Å². The Balaban J connectivity index is 1.61. The number of fused-ring (bicyclic) bond motifs is 1. The number of hydroxylamine groups is 1. The van der Waals surface area contributed by atoms with Crippen LogP contribution in [0.1, 0.15) is 11.6 Å². The number of nitrogens with zero attached hydrogens (tertiary/aromatic N) is 2. The van der Waals surface area contributed by atoms with Crippen LogP contribution in [-0.4, -0.2) is 17.9 Å². The minimum absolute atomic E-state index is 0.201. The molecule has 0 aliphatic carbocycles. The molecule has 0 spiro atoms. The van der Waals surface area contributed by atoms with Gasteiger partial charge in [-0.3, -0.25) is 14.4 Å². The Labute approximate surface area is 183 Å². The highest BCUT2D eigenvalue weighted by Gasteiger charge is 2.60. The zero-order valence-electron chi connectivity index (χ0n) is 15.6. The fourth-order valence-electron chi connectivity index (χ4n) is 4.13. The van der Waals surface area contributed by atoms with Crippen LogP contribution >= 0.6 is 23.2 Å². The number of carbonyl (C=O) groups is 2. The Bertz CT molecular complexity index is 1100. The summed E-state index contributed by atoms with van der Waals surface area (Å²) >= 11 is 12.6. The molecular formula is C23H16Cl2N2O3. The molecular weight excluding hydrogens is 423 g/mol. The maximum absolute atomic E-state index is 13.5. The van der Waals surface area contributed by atoms with Crippen LogP contribution in [0.2, 0.25) is 10.0 Å². The first-order chi connectivity index (χ1) is 14.6. The first-order valence-electron chi connectivity index (χ1n) is 9.46. The van der Waals surface area contributed by atoms with Gasteiger partial charge in [-0.2, -0.15) is 0 Å². The fraction of sp³-hybridized carbons (Fsp3) is 0.130. The SMILES string of the molecule is O=C1[C@H]2[C@@H](c3ccccc3)N(c3ccccc3)O[C@H]2C(=O)N1c1c(Cl)cccc1Cl. The van der Waals surface area contributed by atoms with Gasteiger partial charge in [-0.1, -0.05) is 77.8 Å². The monoisotopic (exact) mass is 438 g/mol. The van der Waals surface area contributed by atoms with E-state index < -0.39 is 24.0 Å². The van der Waals surface area contributed by atoms with Crippen LogP contribution in [0.25, 0.3) is 0 Å². The van der Waals surface area contributed by atoms with E-state index in [1.165, 1.54) is 0 Å². The molecule has 3 atom stereocenters. The van der Waals surface area contributed by atoms with Crippen molar-refractivity contribution in [2.24, 2.45) is 5.92 Å². The largest absolute Gasteiger partial charge is 0.273 e. The van der Waals surface area contributed by atoms with Crippen LogP contribution in [-0.2, 0) is 14.4 Å². The van der Waals surface area contributed by atoms with E-state index >= 15 is 0 Å². The number of rotatable bonds is 3. The van der Waals surface area contributed by atoms with E-state index in [9.17, 15) is 9.59 Å². The molecule has 0 N–H and O–H groups in total. The third kappa shape index (κ3) is 2.89. The van der Waals surface area contributed by atoms with Crippen LogP contribution in [0.3, 0.4) is 0 Å². The van der Waals surface area contributed by atoms with Crippen molar-refractivity contribution in [3.8, 4) is 0 Å². The molecule has 5 rings (SSSR count). The van der Waals surface area contributed by atoms with Gasteiger partial charge in [-0.15, -0.1) is 0 Å². The van der Waals surface area contributed by atoms with E-state index in [0.717, 1.165) is 16.2 Å². The molecule has 30 heavy (non-hydrogen) atoms. The lowest BCUT2D eigenvalue weighted by Crippen LogP contribution is -2.37. The molecule has 5 nitrogen and oxygen atoms in total. The predicted octanol–water partition coefficient (Wildman–Crippen LogP) is 5.04. The van der Waals surface area contributed by atoms with Crippen molar-refractivity contribution in [1.29, 1.82) is 0 Å². The van der Waals surface area contributed by atoms with E-state index in [1.807, 2.05) is 60.7 Å². The smallest absolute Gasteiger partial charge is 0.266 e. The second-order valence-electron chi connectivity index (χ2n) is 7.15. The maximum Gasteiger partial charge on any atom is 0.266 e. The number of benzene rings is 3. The van der Waals surface area contributed by atoms with Crippen molar-refractivity contribution in [3.63, 3.8) is 0 Å². The van der Waals surface area contributed by atoms with Crippen molar-refractivity contribution in [1.82, 2.24) is 0 Å². The van der Waals surface area contributed by atoms with Crippen molar-refractivity contribution >= 4 is 46.4 Å². The fourth-order valence-corrected chi connectivity index (χ4v) is 4.69. The van der Waals surface area contributed by atoms with Crippen LogP contribution in [0.4, 0.5) is 11.4 Å². The quantitative estimate of drug-likeness (QED) is 0.537. The van der Waals surface area contributed by atoms with Crippen molar-refractivity contribution in [3.05, 3.63) is 94.5 Å². The molecule has 150 valence electrons. The summed E-state index contributed by atoms with van der Waals surface area (Å²) in [7, 11) is 0. The van der Waals surface area contributed by atoms with E-state index in [4.69, 9.17) is 28.0 Å². The van der Waals surface area contributed by atoms with Crippen LogP contribution in [0.5, 0.6) is 0 Å². The van der Waals surface area contributed by atoms with Gasteiger partial charge in [0.2, 0.25) is 5.91 Å². The average Bonchev–Trinajstić information content (AvgIpc) is 3.27. The Morgan fingerprint density at radius 1 is 0.733 bits per heavy atom. The molecule has 2 saturated heterocycles. The highest BCUT2D eigenvalue weighted by Crippen LogP contribution is 2.49. The van der Waals surface area contributed by atoms with Crippen LogP contribution in [0.15, 0.2) is 78.9 Å². The first kappa shape index (κ1) is 19.1. The number of anilines is 2. The minimum atomic E-state index is -0.963. The highest BCUT2D eigenvalue weighted by atomic mass is 35.5. The third-order valence-corrected chi connectivity index (χ3v) is 6.04. The third-order valence-electron chi connectivity index (χ3n) is 5.43. The summed E-state index contributed by atoms with van der Waals surface area (Å²) in [5, 5.41) is 2.13. The predicted molar refractivity (Wildman–Crippen MR) is 115 cm³/mol. The Hall–Kier alpha value is -2.86. The van der Waals surface area contributed by atoms with E-state index in [1.54, 1.807) is 23.3 Å². The molecule has 2 aliphatic heterocycles. The topological polar surface area (TPSA) is 49.9 Å². The van der Waals surface area contributed by atoms with Gasteiger partial charge in [0.1, 0.15) is 5.92 Å².